The molecule has 1 spiro atoms. The summed E-state index contributed by atoms with van der Waals surface area (Å²) in [5, 5.41) is 33.2. The predicted octanol–water partition coefficient (Wildman–Crippen LogP) is 12.5. The maximum absolute atomic E-state index is 14.7. The summed E-state index contributed by atoms with van der Waals surface area (Å²) >= 11 is 6.27. The van der Waals surface area contributed by atoms with Gasteiger partial charge in [-0.15, -0.1) is 12.4 Å². The molecule has 4 aliphatic heterocycles. The smallest absolute Gasteiger partial charge is 0.340 e. The van der Waals surface area contributed by atoms with Crippen molar-refractivity contribution in [2.45, 2.75) is 136 Å². The number of allylic oxidation sites excluding steroid dienone is 5. The molecule has 8 rings (SSSR count). The van der Waals surface area contributed by atoms with E-state index in [1.54, 1.807) is 26.0 Å². The molecule has 0 bridgehead atoms. The molecule has 0 amide bonds. The highest BCUT2D eigenvalue weighted by Gasteiger charge is 2.77. The first-order chi connectivity index (χ1) is 32.6. The summed E-state index contributed by atoms with van der Waals surface area (Å²) in [6, 6.07) is 15.1. The zero-order chi connectivity index (χ0) is 50.2. The SMILES string of the molecule is CC(C)=CCCC1(C)C=Cc2c(O)c3c(c(CC=C(C)C)c2O1)OC12C(=CCCC1C(C)(C)OC2(CC=C(C)C(=O)O)C(=O)O)C3=O.CN(C)CCCN1c2ccccc2CCc2ccc(Cl)cc21.Cl. The molecule has 11 nitrogen and oxygen atoms in total. The fraction of sp³-hybridized carbons (Fsp3) is 0.456. The third kappa shape index (κ3) is 10.2. The van der Waals surface area contributed by atoms with E-state index in [9.17, 15) is 29.7 Å². The van der Waals surface area contributed by atoms with Gasteiger partial charge in [0.25, 0.3) is 0 Å². The van der Waals surface area contributed by atoms with E-state index in [0.29, 0.717) is 42.6 Å². The van der Waals surface area contributed by atoms with E-state index >= 15 is 0 Å². The number of ketones is 1. The number of halogens is 2. The number of Topliss-reactive ketones (excluding diaryl/α,β-unsaturated/α-hetero) is 1. The molecule has 0 aromatic heterocycles. The van der Waals surface area contributed by atoms with Crippen molar-refractivity contribution in [3.63, 3.8) is 0 Å². The number of benzene rings is 3. The van der Waals surface area contributed by atoms with Crippen molar-refractivity contribution in [3.05, 3.63) is 128 Å². The normalized spacial score (nSPS) is 23.4. The Morgan fingerprint density at radius 1 is 0.914 bits per heavy atom. The molecule has 1 fully saturated rings. The molecule has 0 saturated carbocycles. The van der Waals surface area contributed by atoms with Crippen LogP contribution in [-0.4, -0.2) is 87.5 Å². The second kappa shape index (κ2) is 21.2. The van der Waals surface area contributed by atoms with Crippen LogP contribution in [0.5, 0.6) is 17.2 Å². The summed E-state index contributed by atoms with van der Waals surface area (Å²) < 4.78 is 20.2. The molecule has 1 aliphatic carbocycles. The Morgan fingerprint density at radius 3 is 2.26 bits per heavy atom. The third-order valence-electron chi connectivity index (χ3n) is 14.3. The van der Waals surface area contributed by atoms with Crippen molar-refractivity contribution < 1.29 is 43.9 Å². The molecule has 4 atom stereocenters. The molecule has 5 aliphatic rings. The molecule has 376 valence electrons. The number of carboxylic acid groups (broad SMARTS) is 2. The summed E-state index contributed by atoms with van der Waals surface area (Å²) in [5.74, 6) is -3.53. The van der Waals surface area contributed by atoms with E-state index in [-0.39, 0.29) is 47.0 Å². The van der Waals surface area contributed by atoms with Gasteiger partial charge in [-0.1, -0.05) is 71.3 Å². The molecule has 0 radical (unpaired) electrons. The minimum atomic E-state index is -2.16. The van der Waals surface area contributed by atoms with Gasteiger partial charge in [-0.05, 0) is 169 Å². The molecular formula is C57H70Cl2N2O9. The molecule has 13 heteroatoms. The number of phenols is 1. The van der Waals surface area contributed by atoms with Gasteiger partial charge in [0.2, 0.25) is 5.60 Å². The minimum Gasteiger partial charge on any atom is -0.506 e. The number of carboxylic acids is 2. The number of hydrogen-bond acceptors (Lipinski definition) is 9. The number of carbonyl (C=O) groups is 3. The van der Waals surface area contributed by atoms with Gasteiger partial charge in [0.15, 0.2) is 11.4 Å². The van der Waals surface area contributed by atoms with Gasteiger partial charge in [0.1, 0.15) is 28.4 Å². The fourth-order valence-corrected chi connectivity index (χ4v) is 11.0. The Hall–Kier alpha value is -5.33. The highest BCUT2D eigenvalue weighted by Crippen LogP contribution is 2.64. The maximum Gasteiger partial charge on any atom is 0.340 e. The van der Waals surface area contributed by atoms with Crippen molar-refractivity contribution in [1.29, 1.82) is 0 Å². The lowest BCUT2D eigenvalue weighted by atomic mass is 9.60. The van der Waals surface area contributed by atoms with Crippen LogP contribution in [0.3, 0.4) is 0 Å². The zero-order valence-corrected chi connectivity index (χ0v) is 43.9. The van der Waals surface area contributed by atoms with E-state index in [0.717, 1.165) is 49.4 Å². The number of hydrogen-bond donors (Lipinski definition) is 3. The molecule has 3 aromatic carbocycles. The topological polar surface area (TPSA) is 146 Å². The van der Waals surface area contributed by atoms with Crippen LogP contribution in [-0.2, 0) is 33.6 Å². The van der Waals surface area contributed by atoms with Crippen molar-refractivity contribution in [3.8, 4) is 17.2 Å². The first-order valence-electron chi connectivity index (χ1n) is 24.2. The van der Waals surface area contributed by atoms with Gasteiger partial charge in [-0.2, -0.15) is 0 Å². The lowest BCUT2D eigenvalue weighted by molar-refractivity contribution is -0.184. The zero-order valence-electron chi connectivity index (χ0n) is 42.3. The molecule has 4 unspecified atom stereocenters. The van der Waals surface area contributed by atoms with Crippen molar-refractivity contribution in [2.24, 2.45) is 5.92 Å². The minimum absolute atomic E-state index is 0. The Kier molecular flexibility index (Phi) is 16.3. The van der Waals surface area contributed by atoms with Gasteiger partial charge >= 0.3 is 11.9 Å². The summed E-state index contributed by atoms with van der Waals surface area (Å²) in [7, 11) is 4.25. The van der Waals surface area contributed by atoms with Crippen molar-refractivity contribution in [1.82, 2.24) is 4.90 Å². The lowest BCUT2D eigenvalue weighted by Gasteiger charge is -2.50. The van der Waals surface area contributed by atoms with Crippen LogP contribution in [0.1, 0.15) is 127 Å². The predicted molar refractivity (Wildman–Crippen MR) is 281 cm³/mol. The average molecular weight is 998 g/mol. The van der Waals surface area contributed by atoms with Crippen molar-refractivity contribution >= 4 is 59.2 Å². The van der Waals surface area contributed by atoms with Gasteiger partial charge in [0.05, 0.1) is 11.2 Å². The summed E-state index contributed by atoms with van der Waals surface area (Å²) in [5.41, 5.74) is 2.77. The Labute approximate surface area is 424 Å². The number of nitrogens with zero attached hydrogens (tertiary/aromatic N) is 2. The number of anilines is 2. The molecular weight excluding hydrogens is 928 g/mol. The summed E-state index contributed by atoms with van der Waals surface area (Å²) in [6.45, 7) is 17.0. The summed E-state index contributed by atoms with van der Waals surface area (Å²) in [4.78, 5) is 44.7. The van der Waals surface area contributed by atoms with Crippen LogP contribution in [0.15, 0.2) is 95.1 Å². The fourth-order valence-electron chi connectivity index (χ4n) is 10.8. The second-order valence-corrected chi connectivity index (χ2v) is 21.1. The number of phenolic OH excluding ortho intramolecular Hbond substituents is 1. The van der Waals surface area contributed by atoms with E-state index in [4.69, 9.17) is 25.8 Å². The Balaban J connectivity index is 0.000000291. The van der Waals surface area contributed by atoms with Gasteiger partial charge < -0.3 is 39.3 Å². The second-order valence-electron chi connectivity index (χ2n) is 20.7. The number of aromatic hydroxyl groups is 1. The number of aryl methyl sites for hydroxylation is 2. The Bertz CT molecular complexity index is 2690. The third-order valence-corrected chi connectivity index (χ3v) is 14.5. The number of fused-ring (bicyclic) bond motifs is 4. The van der Waals surface area contributed by atoms with Crippen LogP contribution in [0, 0.1) is 5.92 Å². The molecule has 3 N–H and O–H groups in total. The largest absolute Gasteiger partial charge is 0.506 e. The molecule has 70 heavy (non-hydrogen) atoms. The van der Waals surface area contributed by atoms with E-state index in [2.05, 4.69) is 66.4 Å². The van der Waals surface area contributed by atoms with Gasteiger partial charge in [-0.3, -0.25) is 4.79 Å². The quantitative estimate of drug-likeness (QED) is 0.111. The summed E-state index contributed by atoms with van der Waals surface area (Å²) in [6.07, 6.45) is 16.4. The van der Waals surface area contributed by atoms with Crippen LogP contribution >= 0.6 is 24.0 Å². The van der Waals surface area contributed by atoms with Crippen LogP contribution in [0.25, 0.3) is 6.08 Å². The molecule has 3 aromatic rings. The number of aliphatic carboxylic acids is 2. The number of para-hydroxylation sites is 1. The van der Waals surface area contributed by atoms with E-state index in [1.165, 1.54) is 41.1 Å². The molecule has 4 heterocycles. The maximum atomic E-state index is 14.7. The first kappa shape index (κ1) is 54.0. The monoisotopic (exact) mass is 996 g/mol. The average Bonchev–Trinajstić information content (AvgIpc) is 3.37. The van der Waals surface area contributed by atoms with Gasteiger partial charge in [-0.25, -0.2) is 9.59 Å². The van der Waals surface area contributed by atoms with Gasteiger partial charge in [0, 0.05) is 52.0 Å². The number of rotatable bonds is 13. The highest BCUT2D eigenvalue weighted by atomic mass is 35.5. The standard InChI is InChI=1S/C38H46O9.C19H23ClN2.ClH/c1-21(2)11-10-18-36(8)19-17-24-29(39)28-30(40)26-12-9-13-27-35(6,7)47-37(34(43)44,20-16-23(5)33(41)42)38(26,27)46-32(28)25(31(24)45-36)15-14-22(3)4;1-21(2)12-5-13-22-18-7-4-3-6-15(18)8-9-16-10-11-17(20)14-19(16)22;/h11-12,14,16-17,19,27,39H,9-10,13,15,18,20H2,1-8H3,(H,41,42)(H,43,44);3-4,6-7,10-11,14H,5,8-9,12-13H2,1-2H3;1H. The number of carbonyl (C=O) groups excluding carboxylic acids is 1. The lowest BCUT2D eigenvalue weighted by Crippen LogP contribution is -2.66. The molecule has 1 saturated heterocycles. The van der Waals surface area contributed by atoms with Crippen LogP contribution in [0.4, 0.5) is 11.4 Å². The van der Waals surface area contributed by atoms with Crippen molar-refractivity contribution in [2.75, 3.05) is 32.1 Å². The van der Waals surface area contributed by atoms with E-state index in [1.807, 2.05) is 52.8 Å². The van der Waals surface area contributed by atoms with Crippen LogP contribution in [0.2, 0.25) is 5.02 Å². The Morgan fingerprint density at radius 2 is 1.60 bits per heavy atom. The first-order valence-corrected chi connectivity index (χ1v) is 24.6. The number of ether oxygens (including phenoxy) is 3. The highest BCUT2D eigenvalue weighted by molar-refractivity contribution is 6.31. The van der Waals surface area contributed by atoms with Crippen LogP contribution < -0.4 is 14.4 Å². The van der Waals surface area contributed by atoms with E-state index < -0.39 is 46.0 Å².